The minimum Gasteiger partial charge on any atom is -0.508 e. The van der Waals surface area contributed by atoms with Crippen molar-refractivity contribution in [2.24, 2.45) is 0 Å². The van der Waals surface area contributed by atoms with Gasteiger partial charge >= 0.3 is 0 Å². The van der Waals surface area contributed by atoms with Crippen molar-refractivity contribution >= 4 is 28.1 Å². The topological polar surface area (TPSA) is 117 Å². The van der Waals surface area contributed by atoms with Gasteiger partial charge in [0.15, 0.2) is 0 Å². The molecule has 41 heavy (non-hydrogen) atoms. The number of phenolic OH excluding ortho intramolecular Hbond substituents is 1. The highest BCUT2D eigenvalue weighted by molar-refractivity contribution is 7.92. The molecule has 1 atom stereocenters. The Morgan fingerprint density at radius 3 is 1.90 bits per heavy atom. The fourth-order valence-corrected chi connectivity index (χ4v) is 5.62. The van der Waals surface area contributed by atoms with Gasteiger partial charge in [0, 0.05) is 24.1 Å². The van der Waals surface area contributed by atoms with Gasteiger partial charge in [-0.25, -0.2) is 8.42 Å². The van der Waals surface area contributed by atoms with E-state index in [-0.39, 0.29) is 41.2 Å². The van der Waals surface area contributed by atoms with E-state index >= 15 is 0 Å². The van der Waals surface area contributed by atoms with Gasteiger partial charge in [0.1, 0.15) is 17.2 Å². The van der Waals surface area contributed by atoms with E-state index in [1.807, 2.05) is 48.5 Å². The first-order chi connectivity index (χ1) is 19.3. The van der Waals surface area contributed by atoms with E-state index in [1.165, 1.54) is 30.3 Å². The van der Waals surface area contributed by atoms with Gasteiger partial charge in [-0.1, -0.05) is 48.5 Å². The van der Waals surface area contributed by atoms with Crippen LogP contribution < -0.4 is 19.5 Å². The highest BCUT2D eigenvalue weighted by Gasteiger charge is 2.20. The summed E-state index contributed by atoms with van der Waals surface area (Å²) in [6.45, 7) is 0.770. The number of hydrogen-bond donors (Lipinski definition) is 4. The molecule has 4 N–H and O–H groups in total. The molecule has 0 saturated carbocycles. The smallest absolute Gasteiger partial charge is 0.261 e. The van der Waals surface area contributed by atoms with Gasteiger partial charge in [-0.3, -0.25) is 4.72 Å². The zero-order chi connectivity index (χ0) is 28.5. The number of hydrogen-bond acceptors (Lipinski definition) is 7. The van der Waals surface area contributed by atoms with Crippen LogP contribution in [0.25, 0.3) is 0 Å². The predicted molar refractivity (Wildman–Crippen MR) is 163 cm³/mol. The summed E-state index contributed by atoms with van der Waals surface area (Å²) in [5.74, 6) is 1.54. The van der Waals surface area contributed by atoms with Crippen LogP contribution in [0, 0.1) is 0 Å². The number of rotatable bonds is 13. The lowest BCUT2D eigenvalue weighted by Gasteiger charge is -2.21. The summed E-state index contributed by atoms with van der Waals surface area (Å²) in [5.41, 5.74) is 2.73. The number of nitrogens with one attached hydrogen (secondary N) is 2. The van der Waals surface area contributed by atoms with Gasteiger partial charge in [0.05, 0.1) is 30.9 Å². The van der Waals surface area contributed by atoms with Crippen molar-refractivity contribution in [1.29, 1.82) is 0 Å². The summed E-state index contributed by atoms with van der Waals surface area (Å²) < 4.78 is 38.9. The lowest BCUT2D eigenvalue weighted by molar-refractivity contribution is 0.175. The quantitative estimate of drug-likeness (QED) is 0.151. The van der Waals surface area contributed by atoms with Crippen molar-refractivity contribution in [1.82, 2.24) is 5.32 Å². The maximum Gasteiger partial charge on any atom is 0.261 e. The molecule has 218 valence electrons. The van der Waals surface area contributed by atoms with Crippen molar-refractivity contribution in [3.05, 3.63) is 114 Å². The highest BCUT2D eigenvalue weighted by atomic mass is 35.5. The number of methoxy groups -OCH3 is 2. The van der Waals surface area contributed by atoms with Gasteiger partial charge in [0.25, 0.3) is 10.0 Å². The lowest BCUT2D eigenvalue weighted by Crippen LogP contribution is -2.25. The van der Waals surface area contributed by atoms with E-state index in [0.717, 1.165) is 29.0 Å². The van der Waals surface area contributed by atoms with Crippen LogP contribution in [0.2, 0.25) is 0 Å². The molecule has 4 rings (SSSR count). The van der Waals surface area contributed by atoms with Crippen LogP contribution in [0.4, 0.5) is 5.69 Å². The first-order valence-electron chi connectivity index (χ1n) is 12.9. The summed E-state index contributed by atoms with van der Waals surface area (Å²) in [5, 5.41) is 24.3. The fraction of sp³-hybridized carbons (Fsp3) is 0.226. The summed E-state index contributed by atoms with van der Waals surface area (Å²) in [7, 11) is -0.632. The first-order valence-corrected chi connectivity index (χ1v) is 14.4. The van der Waals surface area contributed by atoms with Gasteiger partial charge in [-0.2, -0.15) is 0 Å². The molecule has 0 aliphatic heterocycles. The lowest BCUT2D eigenvalue weighted by atomic mass is 9.88. The van der Waals surface area contributed by atoms with Crippen LogP contribution in [0.15, 0.2) is 102 Å². The molecule has 0 aliphatic rings. The second kappa shape index (κ2) is 14.7. The third kappa shape index (κ3) is 8.37. The van der Waals surface area contributed by atoms with E-state index in [2.05, 4.69) is 10.0 Å². The van der Waals surface area contributed by atoms with Crippen LogP contribution in [-0.2, 0) is 10.0 Å². The molecule has 0 fully saturated rings. The minimum absolute atomic E-state index is 0. The Kier molecular flexibility index (Phi) is 11.4. The van der Waals surface area contributed by atoms with Crippen molar-refractivity contribution in [2.75, 3.05) is 32.0 Å². The molecule has 4 aromatic rings. The maximum absolute atomic E-state index is 12.9. The van der Waals surface area contributed by atoms with Gasteiger partial charge in [0.2, 0.25) is 0 Å². The van der Waals surface area contributed by atoms with Gasteiger partial charge in [-0.15, -0.1) is 12.4 Å². The first kappa shape index (κ1) is 31.8. The molecule has 0 bridgehead atoms. The molecule has 4 aromatic carbocycles. The number of phenols is 1. The summed E-state index contributed by atoms with van der Waals surface area (Å²) in [4.78, 5) is 0.0833. The molecular weight excluding hydrogens is 564 g/mol. The second-order valence-electron chi connectivity index (χ2n) is 9.30. The molecular formula is C31H35ClN2O6S. The molecule has 0 spiro atoms. The van der Waals surface area contributed by atoms with Crippen LogP contribution in [0.5, 0.6) is 17.2 Å². The van der Waals surface area contributed by atoms with Crippen LogP contribution >= 0.6 is 12.4 Å². The fourth-order valence-electron chi connectivity index (χ4n) is 4.52. The van der Waals surface area contributed by atoms with Crippen LogP contribution in [0.3, 0.4) is 0 Å². The summed E-state index contributed by atoms with van der Waals surface area (Å²) in [6.07, 6.45) is -0.274. The van der Waals surface area contributed by atoms with Crippen LogP contribution in [0.1, 0.15) is 35.1 Å². The molecule has 8 nitrogen and oxygen atoms in total. The normalized spacial score (nSPS) is 11.9. The van der Waals surface area contributed by atoms with E-state index < -0.39 is 16.1 Å². The molecule has 0 aromatic heterocycles. The Labute approximate surface area is 247 Å². The van der Waals surface area contributed by atoms with Crippen molar-refractivity contribution in [3.8, 4) is 17.2 Å². The zero-order valence-corrected chi connectivity index (χ0v) is 24.5. The minimum atomic E-state index is -3.90. The average Bonchev–Trinajstić information content (AvgIpc) is 2.97. The van der Waals surface area contributed by atoms with E-state index in [9.17, 15) is 18.6 Å². The standard InChI is InChI=1S/C31H34N2O6S.ClH/c1-38-25-13-8-22(9-14-25)28(23-10-15-26(39-2)16-11-23)18-19-32-21-31(35)29-17-12-24(34)20-30(29)33-40(36,37)27-6-4-3-5-7-27;/h3-17,20,28,31-35H,18-19,21H2,1-2H3;1H/t31-;/m0./s1. The SMILES string of the molecule is COc1ccc(C(CCNC[C@H](O)c2ccc(O)cc2NS(=O)(=O)c2ccccc2)c2ccc(OC)cc2)cc1.Cl. The third-order valence-electron chi connectivity index (χ3n) is 6.68. The Morgan fingerprint density at radius 1 is 0.805 bits per heavy atom. The van der Waals surface area contributed by atoms with Gasteiger partial charge in [-0.05, 0) is 66.6 Å². The second-order valence-corrected chi connectivity index (χ2v) is 11.0. The number of aliphatic hydroxyl groups is 1. The Hall–Kier alpha value is -3.76. The molecule has 0 heterocycles. The Bertz CT molecular complexity index is 1440. The monoisotopic (exact) mass is 598 g/mol. The number of ether oxygens (including phenoxy) is 2. The number of benzene rings is 4. The largest absolute Gasteiger partial charge is 0.508 e. The molecule has 0 unspecified atom stereocenters. The molecule has 0 amide bonds. The average molecular weight is 599 g/mol. The summed E-state index contributed by atoms with van der Waals surface area (Å²) >= 11 is 0. The number of anilines is 1. The number of aromatic hydroxyl groups is 1. The highest BCUT2D eigenvalue weighted by Crippen LogP contribution is 2.31. The van der Waals surface area contributed by atoms with Crippen molar-refractivity contribution < 1.29 is 28.1 Å². The number of aliphatic hydroxyl groups excluding tert-OH is 1. The zero-order valence-electron chi connectivity index (χ0n) is 22.9. The maximum atomic E-state index is 12.9. The van der Waals surface area contributed by atoms with E-state index in [1.54, 1.807) is 32.4 Å². The third-order valence-corrected chi connectivity index (χ3v) is 8.06. The van der Waals surface area contributed by atoms with E-state index in [0.29, 0.717) is 12.1 Å². The van der Waals surface area contributed by atoms with Gasteiger partial charge < -0.3 is 25.0 Å². The summed E-state index contributed by atoms with van der Waals surface area (Å²) in [6, 6.07) is 28.1. The predicted octanol–water partition coefficient (Wildman–Crippen LogP) is 5.48. The number of sulfonamides is 1. The Morgan fingerprint density at radius 2 is 1.37 bits per heavy atom. The molecule has 0 aliphatic carbocycles. The Balaban J connectivity index is 0.00000462. The van der Waals surface area contributed by atoms with Crippen molar-refractivity contribution in [3.63, 3.8) is 0 Å². The molecule has 0 saturated heterocycles. The number of halogens is 1. The van der Waals surface area contributed by atoms with Crippen LogP contribution in [-0.4, -0.2) is 45.9 Å². The molecule has 10 heteroatoms. The van der Waals surface area contributed by atoms with E-state index in [4.69, 9.17) is 9.47 Å². The molecule has 0 radical (unpaired) electrons. The van der Waals surface area contributed by atoms with Crippen molar-refractivity contribution in [2.45, 2.75) is 23.3 Å².